The average molecular weight is 349 g/mol. The zero-order valence-electron chi connectivity index (χ0n) is 14.1. The quantitative estimate of drug-likeness (QED) is 0.322. The number of hydrogen-bond acceptors (Lipinski definition) is 2. The summed E-state index contributed by atoms with van der Waals surface area (Å²) in [5, 5.41) is 2.76. The van der Waals surface area contributed by atoms with Crippen LogP contribution in [-0.4, -0.2) is 4.98 Å². The first-order valence-corrected chi connectivity index (χ1v) is 9.68. The number of pyridine rings is 1. The highest BCUT2D eigenvalue weighted by Crippen LogP contribution is 2.45. The van der Waals surface area contributed by atoms with E-state index in [1.54, 1.807) is 0 Å². The average Bonchev–Trinajstić information content (AvgIpc) is 3.24. The molecule has 26 heavy (non-hydrogen) atoms. The standard InChI is InChI=1S/C24H15NS/c1-2-10-23-18(6-1)21-13-15-12-20-16(19(15)14-24(21)26-23)7-5-8-17(20)22-9-3-4-11-25-22/h1-11,13-14H,12H2. The van der Waals surface area contributed by atoms with Crippen LogP contribution in [0.15, 0.2) is 79.0 Å². The van der Waals surface area contributed by atoms with Crippen molar-refractivity contribution in [3.8, 4) is 22.4 Å². The van der Waals surface area contributed by atoms with Gasteiger partial charge in [0.15, 0.2) is 0 Å². The van der Waals surface area contributed by atoms with Gasteiger partial charge < -0.3 is 0 Å². The van der Waals surface area contributed by atoms with Crippen molar-refractivity contribution in [3.63, 3.8) is 0 Å². The highest BCUT2D eigenvalue weighted by molar-refractivity contribution is 7.25. The van der Waals surface area contributed by atoms with Gasteiger partial charge in [0.2, 0.25) is 0 Å². The molecule has 122 valence electrons. The van der Waals surface area contributed by atoms with Crippen LogP contribution in [0, 0.1) is 0 Å². The van der Waals surface area contributed by atoms with Gasteiger partial charge in [-0.2, -0.15) is 0 Å². The summed E-state index contributed by atoms with van der Waals surface area (Å²) in [6.07, 6.45) is 2.86. The molecule has 0 bridgehead atoms. The smallest absolute Gasteiger partial charge is 0.0705 e. The molecule has 2 aromatic heterocycles. The molecule has 0 aliphatic heterocycles. The molecule has 5 aromatic rings. The SMILES string of the molecule is c1ccc(-c2cccc3c2Cc2cc4c(cc2-3)sc2ccccc24)nc1. The molecule has 1 aliphatic carbocycles. The third-order valence-electron chi connectivity index (χ3n) is 5.38. The predicted octanol–water partition coefficient (Wildman–Crippen LogP) is 6.69. The Morgan fingerprint density at radius 2 is 1.58 bits per heavy atom. The Morgan fingerprint density at radius 3 is 2.50 bits per heavy atom. The van der Waals surface area contributed by atoms with Crippen molar-refractivity contribution in [1.29, 1.82) is 0 Å². The Balaban J connectivity index is 1.61. The van der Waals surface area contributed by atoms with E-state index in [-0.39, 0.29) is 0 Å². The van der Waals surface area contributed by atoms with Gasteiger partial charge in [0.05, 0.1) is 5.69 Å². The molecule has 1 nitrogen and oxygen atoms in total. The van der Waals surface area contributed by atoms with E-state index in [0.717, 1.165) is 12.1 Å². The van der Waals surface area contributed by atoms with Crippen LogP contribution in [0.25, 0.3) is 42.6 Å². The molecule has 1 aliphatic rings. The maximum Gasteiger partial charge on any atom is 0.0705 e. The van der Waals surface area contributed by atoms with Crippen LogP contribution in [0.5, 0.6) is 0 Å². The fourth-order valence-electron chi connectivity index (χ4n) is 4.20. The second-order valence-corrected chi connectivity index (χ2v) is 7.91. The van der Waals surface area contributed by atoms with Crippen molar-refractivity contribution in [3.05, 3.63) is 90.1 Å². The van der Waals surface area contributed by atoms with E-state index in [2.05, 4.69) is 71.7 Å². The Kier molecular flexibility index (Phi) is 2.88. The molecule has 0 radical (unpaired) electrons. The number of benzene rings is 3. The predicted molar refractivity (Wildman–Crippen MR) is 111 cm³/mol. The first kappa shape index (κ1) is 14.2. The molecule has 0 atom stereocenters. The number of aromatic nitrogens is 1. The largest absolute Gasteiger partial charge is 0.256 e. The monoisotopic (exact) mass is 349 g/mol. The molecule has 0 unspecified atom stereocenters. The van der Waals surface area contributed by atoms with Gasteiger partial charge >= 0.3 is 0 Å². The minimum absolute atomic E-state index is 0.984. The summed E-state index contributed by atoms with van der Waals surface area (Å²) in [4.78, 5) is 4.58. The van der Waals surface area contributed by atoms with Gasteiger partial charge in [-0.05, 0) is 59.0 Å². The number of fused-ring (bicyclic) bond motifs is 6. The zero-order chi connectivity index (χ0) is 17.1. The fourth-order valence-corrected chi connectivity index (χ4v) is 5.32. The highest BCUT2D eigenvalue weighted by atomic mass is 32.1. The molecule has 2 heteroatoms. The Bertz CT molecular complexity index is 1300. The van der Waals surface area contributed by atoms with Gasteiger partial charge in [-0.1, -0.05) is 42.5 Å². The molecule has 2 heterocycles. The number of hydrogen-bond donors (Lipinski definition) is 0. The van der Waals surface area contributed by atoms with Gasteiger partial charge in [0.25, 0.3) is 0 Å². The second-order valence-electron chi connectivity index (χ2n) is 6.83. The first-order valence-electron chi connectivity index (χ1n) is 8.86. The molecular formula is C24H15NS. The highest BCUT2D eigenvalue weighted by Gasteiger charge is 2.23. The molecule has 0 amide bonds. The van der Waals surface area contributed by atoms with Crippen molar-refractivity contribution in [2.45, 2.75) is 6.42 Å². The summed E-state index contributed by atoms with van der Waals surface area (Å²) in [6, 6.07) is 26.3. The summed E-state index contributed by atoms with van der Waals surface area (Å²) in [5.41, 5.74) is 7.90. The minimum Gasteiger partial charge on any atom is -0.256 e. The molecule has 0 fully saturated rings. The Hall–Kier alpha value is -2.97. The maximum absolute atomic E-state index is 4.58. The van der Waals surface area contributed by atoms with E-state index >= 15 is 0 Å². The summed E-state index contributed by atoms with van der Waals surface area (Å²) < 4.78 is 2.75. The third kappa shape index (κ3) is 1.94. The van der Waals surface area contributed by atoms with Crippen molar-refractivity contribution in [1.82, 2.24) is 4.98 Å². The minimum atomic E-state index is 0.984. The lowest BCUT2D eigenvalue weighted by atomic mass is 9.99. The molecule has 6 rings (SSSR count). The molecule has 3 aromatic carbocycles. The van der Waals surface area contributed by atoms with Gasteiger partial charge in [-0.15, -0.1) is 11.3 Å². The second kappa shape index (κ2) is 5.26. The van der Waals surface area contributed by atoms with Crippen molar-refractivity contribution >= 4 is 31.5 Å². The summed E-state index contributed by atoms with van der Waals surface area (Å²) in [5.74, 6) is 0. The lowest BCUT2D eigenvalue weighted by Crippen LogP contribution is -1.89. The normalized spacial score (nSPS) is 12.5. The van der Waals surface area contributed by atoms with E-state index in [9.17, 15) is 0 Å². The van der Waals surface area contributed by atoms with E-state index in [1.807, 2.05) is 23.6 Å². The summed E-state index contributed by atoms with van der Waals surface area (Å²) in [7, 11) is 0. The number of nitrogens with zero attached hydrogens (tertiary/aromatic N) is 1. The summed E-state index contributed by atoms with van der Waals surface area (Å²) in [6.45, 7) is 0. The zero-order valence-corrected chi connectivity index (χ0v) is 14.9. The molecular weight excluding hydrogens is 334 g/mol. The molecule has 0 saturated carbocycles. The van der Waals surface area contributed by atoms with Crippen LogP contribution in [0.1, 0.15) is 11.1 Å². The van der Waals surface area contributed by atoms with Gasteiger partial charge in [0, 0.05) is 31.9 Å². The molecule has 0 saturated heterocycles. The maximum atomic E-state index is 4.58. The van der Waals surface area contributed by atoms with Crippen LogP contribution in [0.3, 0.4) is 0 Å². The van der Waals surface area contributed by atoms with Gasteiger partial charge in [0.1, 0.15) is 0 Å². The molecule has 0 N–H and O–H groups in total. The lowest BCUT2D eigenvalue weighted by Gasteiger charge is -2.07. The number of rotatable bonds is 1. The fraction of sp³-hybridized carbons (Fsp3) is 0.0417. The van der Waals surface area contributed by atoms with E-state index < -0.39 is 0 Å². The van der Waals surface area contributed by atoms with Crippen LogP contribution in [-0.2, 0) is 6.42 Å². The third-order valence-corrected chi connectivity index (χ3v) is 6.51. The Labute approximate surface area is 155 Å². The topological polar surface area (TPSA) is 12.9 Å². The van der Waals surface area contributed by atoms with E-state index in [1.165, 1.54) is 48.0 Å². The number of thiophene rings is 1. The Morgan fingerprint density at radius 1 is 0.692 bits per heavy atom. The van der Waals surface area contributed by atoms with Crippen molar-refractivity contribution in [2.24, 2.45) is 0 Å². The van der Waals surface area contributed by atoms with Crippen LogP contribution >= 0.6 is 11.3 Å². The first-order chi connectivity index (χ1) is 12.9. The van der Waals surface area contributed by atoms with Crippen LogP contribution in [0.2, 0.25) is 0 Å². The van der Waals surface area contributed by atoms with Crippen molar-refractivity contribution in [2.75, 3.05) is 0 Å². The van der Waals surface area contributed by atoms with E-state index in [0.29, 0.717) is 0 Å². The van der Waals surface area contributed by atoms with Crippen LogP contribution in [0.4, 0.5) is 0 Å². The van der Waals surface area contributed by atoms with Crippen molar-refractivity contribution < 1.29 is 0 Å². The lowest BCUT2D eigenvalue weighted by molar-refractivity contribution is 1.24. The van der Waals surface area contributed by atoms with E-state index in [4.69, 9.17) is 0 Å². The van der Waals surface area contributed by atoms with Crippen LogP contribution < -0.4 is 0 Å². The molecule has 0 spiro atoms. The van der Waals surface area contributed by atoms with Gasteiger partial charge in [-0.3, -0.25) is 4.98 Å². The summed E-state index contributed by atoms with van der Waals surface area (Å²) >= 11 is 1.89. The van der Waals surface area contributed by atoms with Gasteiger partial charge in [-0.25, -0.2) is 0 Å².